The summed E-state index contributed by atoms with van der Waals surface area (Å²) in [5.41, 5.74) is 2.11. The molecule has 0 spiro atoms. The standard InChI is InChI=1S/C18H25N5OS/c1-2-6-16-17(25-21-20-16)18(24)19-9-10-22-11-13-23(14-12-22)15-7-4-3-5-8-15/h3-5,7-8H,2,6,9-14H2,1H3,(H,19,24). The second-order valence-electron chi connectivity index (χ2n) is 6.22. The number of piperazine rings is 1. The minimum absolute atomic E-state index is 0.0404. The number of nitrogens with zero attached hydrogens (tertiary/aromatic N) is 4. The molecular weight excluding hydrogens is 334 g/mol. The van der Waals surface area contributed by atoms with Crippen molar-refractivity contribution < 1.29 is 4.79 Å². The molecule has 0 aliphatic carbocycles. The first-order valence-corrected chi connectivity index (χ1v) is 9.67. The van der Waals surface area contributed by atoms with Gasteiger partial charge in [0.15, 0.2) is 0 Å². The average Bonchev–Trinajstić information content (AvgIpc) is 3.12. The summed E-state index contributed by atoms with van der Waals surface area (Å²) < 4.78 is 3.91. The smallest absolute Gasteiger partial charge is 0.264 e. The number of anilines is 1. The molecule has 0 radical (unpaired) electrons. The predicted octanol–water partition coefficient (Wildman–Crippen LogP) is 2.04. The Labute approximate surface area is 153 Å². The van der Waals surface area contributed by atoms with Gasteiger partial charge in [0.25, 0.3) is 5.91 Å². The van der Waals surface area contributed by atoms with E-state index >= 15 is 0 Å². The number of hydrogen-bond donors (Lipinski definition) is 1. The normalized spacial score (nSPS) is 15.3. The van der Waals surface area contributed by atoms with E-state index < -0.39 is 0 Å². The van der Waals surface area contributed by atoms with E-state index in [1.807, 2.05) is 6.07 Å². The summed E-state index contributed by atoms with van der Waals surface area (Å²) in [4.78, 5) is 17.7. The number of hydrogen-bond acceptors (Lipinski definition) is 6. The maximum absolute atomic E-state index is 12.3. The first kappa shape index (κ1) is 17.8. The van der Waals surface area contributed by atoms with E-state index in [0.717, 1.165) is 51.3 Å². The van der Waals surface area contributed by atoms with E-state index in [9.17, 15) is 4.79 Å². The molecule has 2 aromatic rings. The number of carbonyl (C=O) groups is 1. The third-order valence-corrected chi connectivity index (χ3v) is 5.22. The zero-order valence-corrected chi connectivity index (χ0v) is 15.5. The highest BCUT2D eigenvalue weighted by atomic mass is 32.1. The summed E-state index contributed by atoms with van der Waals surface area (Å²) in [6, 6.07) is 10.5. The Hall–Kier alpha value is -1.99. The topological polar surface area (TPSA) is 61.4 Å². The van der Waals surface area contributed by atoms with Crippen molar-refractivity contribution in [3.63, 3.8) is 0 Å². The van der Waals surface area contributed by atoms with Crippen molar-refractivity contribution in [2.45, 2.75) is 19.8 Å². The molecule has 6 nitrogen and oxygen atoms in total. The van der Waals surface area contributed by atoms with E-state index in [-0.39, 0.29) is 5.91 Å². The molecule has 1 aromatic heterocycles. The van der Waals surface area contributed by atoms with Crippen molar-refractivity contribution in [1.29, 1.82) is 0 Å². The number of amides is 1. The molecule has 0 bridgehead atoms. The fourth-order valence-corrected chi connectivity index (χ4v) is 3.68. The zero-order chi connectivity index (χ0) is 17.5. The van der Waals surface area contributed by atoms with Gasteiger partial charge in [-0.25, -0.2) is 0 Å². The molecule has 1 amide bonds. The van der Waals surface area contributed by atoms with E-state index in [2.05, 4.69) is 55.9 Å². The van der Waals surface area contributed by atoms with E-state index in [1.54, 1.807) is 0 Å². The molecule has 134 valence electrons. The number of benzene rings is 1. The Morgan fingerprint density at radius 1 is 1.20 bits per heavy atom. The van der Waals surface area contributed by atoms with Gasteiger partial charge in [0.1, 0.15) is 4.88 Å². The second-order valence-corrected chi connectivity index (χ2v) is 6.97. The molecule has 0 unspecified atom stereocenters. The molecule has 1 saturated heterocycles. The summed E-state index contributed by atoms with van der Waals surface area (Å²) >= 11 is 1.19. The summed E-state index contributed by atoms with van der Waals surface area (Å²) in [7, 11) is 0. The van der Waals surface area contributed by atoms with Gasteiger partial charge in [-0.05, 0) is 30.1 Å². The van der Waals surface area contributed by atoms with Crippen LogP contribution in [0.15, 0.2) is 30.3 Å². The van der Waals surface area contributed by atoms with Crippen molar-refractivity contribution in [3.8, 4) is 0 Å². The van der Waals surface area contributed by atoms with Gasteiger partial charge in [-0.2, -0.15) is 0 Å². The number of para-hydroxylation sites is 1. The van der Waals surface area contributed by atoms with Crippen molar-refractivity contribution >= 4 is 23.1 Å². The van der Waals surface area contributed by atoms with Gasteiger partial charge in [-0.1, -0.05) is 36.0 Å². The lowest BCUT2D eigenvalue weighted by Crippen LogP contribution is -2.48. The quantitative estimate of drug-likeness (QED) is 0.820. The minimum Gasteiger partial charge on any atom is -0.369 e. The number of aryl methyl sites for hydroxylation is 1. The van der Waals surface area contributed by atoms with Crippen LogP contribution in [0.3, 0.4) is 0 Å². The zero-order valence-electron chi connectivity index (χ0n) is 14.6. The highest BCUT2D eigenvalue weighted by molar-refractivity contribution is 7.08. The largest absolute Gasteiger partial charge is 0.369 e. The van der Waals surface area contributed by atoms with Crippen LogP contribution in [0.5, 0.6) is 0 Å². The Bertz CT molecular complexity index is 667. The lowest BCUT2D eigenvalue weighted by molar-refractivity contribution is 0.0950. The number of aromatic nitrogens is 2. The van der Waals surface area contributed by atoms with Crippen LogP contribution in [0.1, 0.15) is 28.7 Å². The Kier molecular flexibility index (Phi) is 6.36. The maximum atomic E-state index is 12.3. The van der Waals surface area contributed by atoms with E-state index in [4.69, 9.17) is 0 Å². The van der Waals surface area contributed by atoms with Gasteiger partial charge in [0.05, 0.1) is 5.69 Å². The molecule has 7 heteroatoms. The fourth-order valence-electron chi connectivity index (χ4n) is 3.06. The molecule has 25 heavy (non-hydrogen) atoms. The summed E-state index contributed by atoms with van der Waals surface area (Å²) in [6.45, 7) is 7.71. The molecule has 1 aliphatic rings. The van der Waals surface area contributed by atoms with E-state index in [0.29, 0.717) is 11.4 Å². The molecule has 0 saturated carbocycles. The average molecular weight is 359 g/mol. The van der Waals surface area contributed by atoms with Crippen LogP contribution in [0, 0.1) is 0 Å². The summed E-state index contributed by atoms with van der Waals surface area (Å²) in [6.07, 6.45) is 1.78. The van der Waals surface area contributed by atoms with Crippen LogP contribution >= 0.6 is 11.5 Å². The fraction of sp³-hybridized carbons (Fsp3) is 0.500. The summed E-state index contributed by atoms with van der Waals surface area (Å²) in [5, 5.41) is 7.06. The van der Waals surface area contributed by atoms with Gasteiger partial charge in [0, 0.05) is 45.0 Å². The predicted molar refractivity (Wildman–Crippen MR) is 101 cm³/mol. The minimum atomic E-state index is -0.0404. The van der Waals surface area contributed by atoms with Crippen molar-refractivity contribution in [3.05, 3.63) is 40.9 Å². The van der Waals surface area contributed by atoms with Crippen molar-refractivity contribution in [1.82, 2.24) is 19.8 Å². The van der Waals surface area contributed by atoms with Crippen LogP contribution in [0.4, 0.5) is 5.69 Å². The first-order chi connectivity index (χ1) is 12.3. The maximum Gasteiger partial charge on any atom is 0.264 e. The SMILES string of the molecule is CCCc1nnsc1C(=O)NCCN1CCN(c2ccccc2)CC1. The number of rotatable bonds is 7. The molecule has 3 rings (SSSR count). The van der Waals surface area contributed by atoms with Crippen LogP contribution in [-0.4, -0.2) is 59.7 Å². The molecule has 1 N–H and O–H groups in total. The Morgan fingerprint density at radius 3 is 2.68 bits per heavy atom. The highest BCUT2D eigenvalue weighted by Gasteiger charge is 2.18. The molecule has 0 atom stereocenters. The molecule has 1 aromatic carbocycles. The third-order valence-electron chi connectivity index (χ3n) is 4.46. The first-order valence-electron chi connectivity index (χ1n) is 8.89. The van der Waals surface area contributed by atoms with E-state index in [1.165, 1.54) is 17.2 Å². The van der Waals surface area contributed by atoms with Crippen LogP contribution in [0.2, 0.25) is 0 Å². The Balaban J connectivity index is 1.40. The second kappa shape index (κ2) is 8.92. The lowest BCUT2D eigenvalue weighted by atomic mass is 10.2. The molecular formula is C18H25N5OS. The van der Waals surface area contributed by atoms with Crippen LogP contribution in [0.25, 0.3) is 0 Å². The van der Waals surface area contributed by atoms with Gasteiger partial charge in [-0.15, -0.1) is 5.10 Å². The molecule has 1 aliphatic heterocycles. The lowest BCUT2D eigenvalue weighted by Gasteiger charge is -2.36. The van der Waals surface area contributed by atoms with Crippen LogP contribution in [-0.2, 0) is 6.42 Å². The highest BCUT2D eigenvalue weighted by Crippen LogP contribution is 2.15. The van der Waals surface area contributed by atoms with Gasteiger partial charge in [-0.3, -0.25) is 9.69 Å². The van der Waals surface area contributed by atoms with Gasteiger partial charge >= 0.3 is 0 Å². The van der Waals surface area contributed by atoms with Crippen molar-refractivity contribution in [2.75, 3.05) is 44.2 Å². The molecule has 2 heterocycles. The summed E-state index contributed by atoms with van der Waals surface area (Å²) in [5.74, 6) is -0.0404. The Morgan fingerprint density at radius 2 is 1.96 bits per heavy atom. The van der Waals surface area contributed by atoms with Crippen LogP contribution < -0.4 is 10.2 Å². The number of carbonyl (C=O) groups excluding carboxylic acids is 1. The van der Waals surface area contributed by atoms with Gasteiger partial charge < -0.3 is 10.2 Å². The molecule has 1 fully saturated rings. The van der Waals surface area contributed by atoms with Gasteiger partial charge in [0.2, 0.25) is 0 Å². The number of nitrogens with one attached hydrogen (secondary N) is 1. The van der Waals surface area contributed by atoms with Crippen molar-refractivity contribution in [2.24, 2.45) is 0 Å². The monoisotopic (exact) mass is 359 g/mol. The third kappa shape index (κ3) is 4.76.